The van der Waals surface area contributed by atoms with Gasteiger partial charge >= 0.3 is 0 Å². The van der Waals surface area contributed by atoms with Crippen LogP contribution in [0.3, 0.4) is 0 Å². The van der Waals surface area contributed by atoms with Gasteiger partial charge in [0.25, 0.3) is 0 Å². The number of hydrogen-bond donors (Lipinski definition) is 5. The third-order valence-electron chi connectivity index (χ3n) is 5.03. The summed E-state index contributed by atoms with van der Waals surface area (Å²) < 4.78 is 7.23. The molecule has 3 heterocycles. The molecule has 3 aromatic heterocycles. The van der Waals surface area contributed by atoms with E-state index in [2.05, 4.69) is 35.8 Å². The minimum atomic E-state index is -0.312. The van der Waals surface area contributed by atoms with E-state index in [0.29, 0.717) is 41.0 Å². The van der Waals surface area contributed by atoms with Gasteiger partial charge in [-0.25, -0.2) is 4.98 Å². The number of carbonyl (C=O) groups is 1. The van der Waals surface area contributed by atoms with Crippen molar-refractivity contribution in [3.8, 4) is 5.88 Å². The lowest BCUT2D eigenvalue weighted by molar-refractivity contribution is -0.116. The predicted octanol–water partition coefficient (Wildman–Crippen LogP) is 2.68. The minimum absolute atomic E-state index is 0.0476. The maximum absolute atomic E-state index is 12.7. The summed E-state index contributed by atoms with van der Waals surface area (Å²) in [7, 11) is 0. The van der Waals surface area contributed by atoms with Gasteiger partial charge in [-0.3, -0.25) is 9.89 Å². The van der Waals surface area contributed by atoms with Crippen LogP contribution in [0, 0.1) is 0 Å². The molecule has 0 unspecified atom stereocenters. The standard InChI is InChI=1S/C23H22N10O2/c24-15-6-8-16(9-7-15)27-21-20-22(30-23(25)29-21)33(13-26-20)11-18(34)28-17-10-19(32-31-17)35-12-14-4-2-1-3-5-14/h1-10,13H,11-12,24H2,(H3,25,27,29,30)(H2,28,31,32,34). The second-order valence-corrected chi connectivity index (χ2v) is 7.66. The molecule has 0 saturated carbocycles. The summed E-state index contributed by atoms with van der Waals surface area (Å²) in [6.07, 6.45) is 1.51. The van der Waals surface area contributed by atoms with Crippen molar-refractivity contribution >= 4 is 46.0 Å². The van der Waals surface area contributed by atoms with Gasteiger partial charge in [-0.2, -0.15) is 9.97 Å². The number of H-pyrrole nitrogens is 1. The number of ether oxygens (including phenoxy) is 1. The Bertz CT molecular complexity index is 1460. The molecule has 12 heteroatoms. The summed E-state index contributed by atoms with van der Waals surface area (Å²) >= 11 is 0. The molecule has 0 aliphatic carbocycles. The Morgan fingerprint density at radius 1 is 1.06 bits per heavy atom. The average molecular weight is 470 g/mol. The number of nitrogens with zero attached hydrogens (tertiary/aromatic N) is 5. The van der Waals surface area contributed by atoms with Crippen LogP contribution in [0.15, 0.2) is 67.0 Å². The van der Waals surface area contributed by atoms with Crippen LogP contribution >= 0.6 is 0 Å². The van der Waals surface area contributed by atoms with Crippen molar-refractivity contribution in [3.63, 3.8) is 0 Å². The fraction of sp³-hybridized carbons (Fsp3) is 0.0870. The highest BCUT2D eigenvalue weighted by molar-refractivity contribution is 5.92. The molecule has 5 aromatic rings. The maximum Gasteiger partial charge on any atom is 0.245 e. The molecule has 12 nitrogen and oxygen atoms in total. The van der Waals surface area contributed by atoms with Crippen LogP contribution in [-0.2, 0) is 17.9 Å². The van der Waals surface area contributed by atoms with Crippen molar-refractivity contribution in [3.05, 3.63) is 72.6 Å². The topological polar surface area (TPSA) is 175 Å². The Morgan fingerprint density at radius 3 is 2.66 bits per heavy atom. The first-order chi connectivity index (χ1) is 17.0. The van der Waals surface area contributed by atoms with Gasteiger partial charge < -0.3 is 31.4 Å². The Hall–Kier alpha value is -5.13. The first-order valence-electron chi connectivity index (χ1n) is 10.7. The molecular weight excluding hydrogens is 448 g/mol. The molecule has 0 aliphatic rings. The normalized spacial score (nSPS) is 10.9. The van der Waals surface area contributed by atoms with Crippen molar-refractivity contribution in [1.29, 1.82) is 0 Å². The molecule has 2 aromatic carbocycles. The van der Waals surface area contributed by atoms with E-state index in [9.17, 15) is 4.79 Å². The summed E-state index contributed by atoms with van der Waals surface area (Å²) in [6.45, 7) is 0.321. The number of amides is 1. The number of rotatable bonds is 8. The molecule has 0 bridgehead atoms. The summed E-state index contributed by atoms with van der Waals surface area (Å²) in [5, 5.41) is 12.7. The maximum atomic E-state index is 12.7. The molecule has 0 atom stereocenters. The van der Waals surface area contributed by atoms with Gasteiger partial charge in [-0.15, -0.1) is 5.10 Å². The minimum Gasteiger partial charge on any atom is -0.472 e. The van der Waals surface area contributed by atoms with E-state index < -0.39 is 0 Å². The fourth-order valence-corrected chi connectivity index (χ4v) is 3.38. The second-order valence-electron chi connectivity index (χ2n) is 7.66. The number of anilines is 5. The van der Waals surface area contributed by atoms with Crippen molar-refractivity contribution in [2.45, 2.75) is 13.2 Å². The van der Waals surface area contributed by atoms with Gasteiger partial charge in [0.2, 0.25) is 17.7 Å². The average Bonchev–Trinajstić information content (AvgIpc) is 3.47. The lowest BCUT2D eigenvalue weighted by Crippen LogP contribution is -2.19. The molecule has 0 spiro atoms. The lowest BCUT2D eigenvalue weighted by Gasteiger charge is -2.08. The van der Waals surface area contributed by atoms with E-state index in [1.165, 1.54) is 6.33 Å². The Morgan fingerprint density at radius 2 is 1.86 bits per heavy atom. The molecule has 5 rings (SSSR count). The third kappa shape index (κ3) is 5.11. The largest absolute Gasteiger partial charge is 0.472 e. The zero-order valence-electron chi connectivity index (χ0n) is 18.5. The Kier molecular flexibility index (Phi) is 5.82. The molecule has 0 aliphatic heterocycles. The first kappa shape index (κ1) is 21.7. The van der Waals surface area contributed by atoms with Crippen LogP contribution in [0.2, 0.25) is 0 Å². The predicted molar refractivity (Wildman–Crippen MR) is 132 cm³/mol. The van der Waals surface area contributed by atoms with E-state index in [4.69, 9.17) is 16.2 Å². The Labute approximate surface area is 199 Å². The number of carbonyl (C=O) groups excluding carboxylic acids is 1. The highest BCUT2D eigenvalue weighted by Crippen LogP contribution is 2.24. The summed E-state index contributed by atoms with van der Waals surface area (Å²) in [5.41, 5.74) is 15.0. The summed E-state index contributed by atoms with van der Waals surface area (Å²) in [5.74, 6) is 0.933. The monoisotopic (exact) mass is 470 g/mol. The zero-order chi connectivity index (χ0) is 24.2. The van der Waals surface area contributed by atoms with E-state index in [1.807, 2.05) is 42.5 Å². The van der Waals surface area contributed by atoms with E-state index in [0.717, 1.165) is 11.3 Å². The smallest absolute Gasteiger partial charge is 0.245 e. The SMILES string of the molecule is Nc1ccc(Nc2nc(N)nc3c2ncn3CC(=O)Nc2cc(OCc3ccccc3)n[nH]2)cc1. The van der Waals surface area contributed by atoms with Gasteiger partial charge in [0, 0.05) is 17.4 Å². The number of nitrogen functional groups attached to an aromatic ring is 2. The molecular formula is C23H22N10O2. The molecule has 176 valence electrons. The van der Waals surface area contributed by atoms with Crippen LogP contribution in [0.4, 0.5) is 29.0 Å². The second kappa shape index (κ2) is 9.39. The van der Waals surface area contributed by atoms with Crippen molar-refractivity contribution in [1.82, 2.24) is 29.7 Å². The van der Waals surface area contributed by atoms with Crippen LogP contribution in [-0.4, -0.2) is 35.6 Å². The third-order valence-corrected chi connectivity index (χ3v) is 5.03. The van der Waals surface area contributed by atoms with Gasteiger partial charge in [0.15, 0.2) is 17.0 Å². The van der Waals surface area contributed by atoms with Crippen LogP contribution in [0.5, 0.6) is 5.88 Å². The zero-order valence-corrected chi connectivity index (χ0v) is 18.5. The number of imidazole rings is 1. The lowest BCUT2D eigenvalue weighted by atomic mass is 10.2. The fourth-order valence-electron chi connectivity index (χ4n) is 3.38. The number of benzene rings is 2. The molecule has 1 amide bonds. The van der Waals surface area contributed by atoms with Crippen LogP contribution in [0.1, 0.15) is 5.56 Å². The van der Waals surface area contributed by atoms with E-state index >= 15 is 0 Å². The molecule has 0 radical (unpaired) electrons. The van der Waals surface area contributed by atoms with Gasteiger partial charge in [-0.1, -0.05) is 30.3 Å². The summed E-state index contributed by atoms with van der Waals surface area (Å²) in [4.78, 5) is 25.5. The molecule has 7 N–H and O–H groups in total. The number of aromatic amines is 1. The summed E-state index contributed by atoms with van der Waals surface area (Å²) in [6, 6.07) is 18.5. The first-order valence-corrected chi connectivity index (χ1v) is 10.7. The number of nitrogens with two attached hydrogens (primary N) is 2. The van der Waals surface area contributed by atoms with Crippen molar-refractivity contribution in [2.24, 2.45) is 0 Å². The number of hydrogen-bond acceptors (Lipinski definition) is 9. The van der Waals surface area contributed by atoms with Gasteiger partial charge in [-0.05, 0) is 29.8 Å². The van der Waals surface area contributed by atoms with Crippen LogP contribution in [0.25, 0.3) is 11.2 Å². The van der Waals surface area contributed by atoms with E-state index in [-0.39, 0.29) is 18.4 Å². The molecule has 0 fully saturated rings. The van der Waals surface area contributed by atoms with Gasteiger partial charge in [0.1, 0.15) is 19.0 Å². The van der Waals surface area contributed by atoms with Crippen molar-refractivity contribution in [2.75, 3.05) is 22.1 Å². The van der Waals surface area contributed by atoms with E-state index in [1.54, 1.807) is 22.8 Å². The molecule has 0 saturated heterocycles. The highest BCUT2D eigenvalue weighted by atomic mass is 16.5. The van der Waals surface area contributed by atoms with Crippen LogP contribution < -0.4 is 26.8 Å². The highest BCUT2D eigenvalue weighted by Gasteiger charge is 2.15. The quantitative estimate of drug-likeness (QED) is 0.213. The Balaban J connectivity index is 1.26. The number of nitrogens with one attached hydrogen (secondary N) is 3. The van der Waals surface area contributed by atoms with Crippen molar-refractivity contribution < 1.29 is 9.53 Å². The number of fused-ring (bicyclic) bond motifs is 1. The number of aromatic nitrogens is 6. The van der Waals surface area contributed by atoms with Gasteiger partial charge in [0.05, 0.1) is 6.33 Å². The molecule has 35 heavy (non-hydrogen) atoms.